The highest BCUT2D eigenvalue weighted by Crippen LogP contribution is 2.51. The summed E-state index contributed by atoms with van der Waals surface area (Å²) in [5.74, 6) is -0.861. The highest BCUT2D eigenvalue weighted by molar-refractivity contribution is 6.43. The molecule has 5 aliphatic rings. The number of rotatable bonds is 8. The summed E-state index contributed by atoms with van der Waals surface area (Å²) >= 11 is 13.0. The number of aryl methyl sites for hydroxylation is 3. The number of halogens is 6. The molecule has 280 valence electrons. The third-order valence-corrected chi connectivity index (χ3v) is 12.4. The van der Waals surface area contributed by atoms with Gasteiger partial charge in [0.2, 0.25) is 11.6 Å². The summed E-state index contributed by atoms with van der Waals surface area (Å²) in [4.78, 5) is 20.6. The predicted molar refractivity (Wildman–Crippen MR) is 195 cm³/mol. The molecular formula is C39H35Cl2F4N7O2. The van der Waals surface area contributed by atoms with Crippen molar-refractivity contribution in [1.29, 1.82) is 5.26 Å². The molecular weight excluding hydrogens is 745 g/mol. The Bertz CT molecular complexity index is 2400. The SMILES string of the molecule is Cc1nc2c(F)c(-c3cccc(Cl)c3Cl)c(CCC#N)cc2c2c1cc(C1CC(Oc3cn(C)nc3C(F)(F)F)CN1C(=O)C1CC1)n2C1C2CNC1C2. The van der Waals surface area contributed by atoms with Crippen LogP contribution in [0.4, 0.5) is 17.6 Å². The van der Waals surface area contributed by atoms with Gasteiger partial charge in [0, 0.05) is 71.7 Å². The molecule has 1 N–H and O–H groups in total. The van der Waals surface area contributed by atoms with Crippen molar-refractivity contribution in [1.82, 2.24) is 29.5 Å². The van der Waals surface area contributed by atoms with Gasteiger partial charge in [-0.15, -0.1) is 0 Å². The summed E-state index contributed by atoms with van der Waals surface area (Å²) in [5, 5.41) is 18.6. The molecule has 5 unspecified atom stereocenters. The van der Waals surface area contributed by atoms with E-state index < -0.39 is 29.8 Å². The average Bonchev–Trinajstić information content (AvgIpc) is 3.52. The molecule has 5 atom stereocenters. The second kappa shape index (κ2) is 12.9. The lowest BCUT2D eigenvalue weighted by molar-refractivity contribution is -0.143. The number of amides is 1. The van der Waals surface area contributed by atoms with Crippen molar-refractivity contribution in [2.24, 2.45) is 18.9 Å². The van der Waals surface area contributed by atoms with Gasteiger partial charge in [0.1, 0.15) is 11.6 Å². The van der Waals surface area contributed by atoms with Gasteiger partial charge in [-0.1, -0.05) is 35.3 Å². The molecule has 9 nitrogen and oxygen atoms in total. The van der Waals surface area contributed by atoms with Crippen LogP contribution in [0.25, 0.3) is 32.9 Å². The van der Waals surface area contributed by atoms with Crippen molar-refractivity contribution >= 4 is 50.9 Å². The van der Waals surface area contributed by atoms with Gasteiger partial charge in [0.15, 0.2) is 11.6 Å². The lowest BCUT2D eigenvalue weighted by atomic mass is 9.79. The topological polar surface area (TPSA) is 101 Å². The van der Waals surface area contributed by atoms with Crippen LogP contribution >= 0.6 is 23.2 Å². The minimum Gasteiger partial charge on any atom is -0.485 e. The van der Waals surface area contributed by atoms with Crippen LogP contribution in [0.1, 0.15) is 66.8 Å². The Hall–Kier alpha value is -4.38. The van der Waals surface area contributed by atoms with Crippen molar-refractivity contribution < 1.29 is 27.1 Å². The Morgan fingerprint density at radius 1 is 1.17 bits per heavy atom. The molecule has 6 heterocycles. The van der Waals surface area contributed by atoms with Gasteiger partial charge in [-0.2, -0.15) is 23.5 Å². The number of ether oxygens (including phenoxy) is 1. The van der Waals surface area contributed by atoms with Crippen LogP contribution in [0.3, 0.4) is 0 Å². The summed E-state index contributed by atoms with van der Waals surface area (Å²) in [6, 6.07) is 10.7. The van der Waals surface area contributed by atoms with Crippen molar-refractivity contribution in [2.75, 3.05) is 13.1 Å². The highest BCUT2D eigenvalue weighted by Gasteiger charge is 2.51. The van der Waals surface area contributed by atoms with Crippen LogP contribution in [0.2, 0.25) is 10.0 Å². The zero-order chi connectivity index (χ0) is 37.8. The maximum Gasteiger partial charge on any atom is 0.438 e. The Balaban J connectivity index is 1.24. The third-order valence-electron chi connectivity index (χ3n) is 11.6. The lowest BCUT2D eigenvalue weighted by Gasteiger charge is -2.39. The van der Waals surface area contributed by atoms with E-state index in [1.165, 1.54) is 13.2 Å². The zero-order valence-corrected chi connectivity index (χ0v) is 30.9. The number of hydrogen-bond donors (Lipinski definition) is 1. The molecule has 1 amide bonds. The first-order valence-corrected chi connectivity index (χ1v) is 18.9. The van der Waals surface area contributed by atoms with Gasteiger partial charge in [-0.25, -0.2) is 9.37 Å². The molecule has 2 aromatic carbocycles. The number of nitriles is 1. The molecule has 3 aliphatic heterocycles. The van der Waals surface area contributed by atoms with Gasteiger partial charge in [-0.3, -0.25) is 9.48 Å². The van der Waals surface area contributed by atoms with Gasteiger partial charge in [0.25, 0.3) is 0 Å². The van der Waals surface area contributed by atoms with Crippen LogP contribution in [-0.4, -0.2) is 55.4 Å². The molecule has 54 heavy (non-hydrogen) atoms. The summed E-state index contributed by atoms with van der Waals surface area (Å²) < 4.78 is 68.4. The van der Waals surface area contributed by atoms with E-state index in [4.69, 9.17) is 32.9 Å². The number of carbonyl (C=O) groups excluding carboxylic acids is 1. The van der Waals surface area contributed by atoms with Crippen LogP contribution in [0, 0.1) is 35.9 Å². The van der Waals surface area contributed by atoms with Gasteiger partial charge < -0.3 is 19.5 Å². The summed E-state index contributed by atoms with van der Waals surface area (Å²) in [7, 11) is 1.41. The Kier molecular flexibility index (Phi) is 8.41. The average molecular weight is 781 g/mol. The quantitative estimate of drug-likeness (QED) is 0.159. The Morgan fingerprint density at radius 3 is 2.65 bits per heavy atom. The zero-order valence-electron chi connectivity index (χ0n) is 29.4. The number of benzene rings is 2. The molecule has 2 bridgehead atoms. The summed E-state index contributed by atoms with van der Waals surface area (Å²) in [5.41, 5.74) is 2.43. The summed E-state index contributed by atoms with van der Waals surface area (Å²) in [6.45, 7) is 2.74. The number of carbonyl (C=O) groups is 1. The van der Waals surface area contributed by atoms with Crippen molar-refractivity contribution in [3.8, 4) is 22.9 Å². The van der Waals surface area contributed by atoms with Crippen LogP contribution < -0.4 is 10.1 Å². The maximum absolute atomic E-state index is 17.2. The van der Waals surface area contributed by atoms with E-state index in [2.05, 4.69) is 21.1 Å². The van der Waals surface area contributed by atoms with Crippen LogP contribution in [0.5, 0.6) is 5.75 Å². The fraction of sp³-hybridized carbons (Fsp3) is 0.436. The van der Waals surface area contributed by atoms with Crippen molar-refractivity contribution in [3.63, 3.8) is 0 Å². The fourth-order valence-corrected chi connectivity index (χ4v) is 9.39. The first-order chi connectivity index (χ1) is 25.8. The van der Waals surface area contributed by atoms with Crippen molar-refractivity contribution in [3.05, 3.63) is 75.0 Å². The van der Waals surface area contributed by atoms with E-state index in [9.17, 15) is 23.2 Å². The van der Waals surface area contributed by atoms with E-state index in [-0.39, 0.29) is 82.5 Å². The smallest absolute Gasteiger partial charge is 0.438 e. The van der Waals surface area contributed by atoms with E-state index in [0.717, 1.165) is 47.1 Å². The maximum atomic E-state index is 17.2. The minimum absolute atomic E-state index is 0.0110. The molecule has 5 fully saturated rings. The first kappa shape index (κ1) is 35.3. The van der Waals surface area contributed by atoms with Crippen molar-refractivity contribution in [2.45, 2.75) is 75.9 Å². The number of likely N-dealkylation sites (tertiary alicyclic amines) is 1. The van der Waals surface area contributed by atoms with Gasteiger partial charge in [-0.05, 0) is 62.3 Å². The summed E-state index contributed by atoms with van der Waals surface area (Å²) in [6.07, 6.45) is -1.13. The molecule has 0 spiro atoms. The lowest BCUT2D eigenvalue weighted by Crippen LogP contribution is -2.41. The molecule has 5 aromatic rings. The normalized spacial score (nSPS) is 23.7. The molecule has 2 aliphatic carbocycles. The van der Waals surface area contributed by atoms with E-state index in [1.807, 2.05) is 19.1 Å². The van der Waals surface area contributed by atoms with E-state index in [0.29, 0.717) is 22.2 Å². The number of aromatic nitrogens is 4. The molecule has 3 saturated heterocycles. The van der Waals surface area contributed by atoms with Gasteiger partial charge >= 0.3 is 6.18 Å². The largest absolute Gasteiger partial charge is 0.485 e. The number of hydrogen-bond acceptors (Lipinski definition) is 6. The van der Waals surface area contributed by atoms with Gasteiger partial charge in [0.05, 0.1) is 46.5 Å². The fourth-order valence-electron chi connectivity index (χ4n) is 9.00. The Morgan fingerprint density at radius 2 is 1.96 bits per heavy atom. The van der Waals surface area contributed by atoms with E-state index in [1.54, 1.807) is 23.1 Å². The number of nitrogens with one attached hydrogen (secondary N) is 1. The number of nitrogens with zero attached hydrogens (tertiary/aromatic N) is 6. The molecule has 0 radical (unpaired) electrons. The number of pyridine rings is 1. The molecule has 3 aromatic heterocycles. The molecule has 2 saturated carbocycles. The van der Waals surface area contributed by atoms with Crippen LogP contribution in [0.15, 0.2) is 36.5 Å². The standard InChI is InChI=1S/C39H35Cl2F4N7O2/c1-18-24-14-29(28-13-22(16-51(28)38(53)19-8-9-19)54-30-17-50(2)49-37(30)39(43,44)45)52(35-21-12-27(35)47-15-21)36(24)25-11-20(5-4-10-46)31(33(42)34(25)48-18)23-6-3-7-26(40)32(23)41/h3,6-7,11,14,17,19,21-22,27-28,35,47H,4-5,8-9,12-13,15-16H2,1-2H3. The minimum atomic E-state index is -4.72. The Labute approximate surface area is 317 Å². The second-order valence-electron chi connectivity index (χ2n) is 15.0. The third kappa shape index (κ3) is 5.63. The van der Waals surface area contributed by atoms with Crippen LogP contribution in [-0.2, 0) is 24.4 Å². The van der Waals surface area contributed by atoms with E-state index >= 15 is 4.39 Å². The molecule has 10 rings (SSSR count). The number of fused-ring (bicyclic) bond motifs is 4. The predicted octanol–water partition coefficient (Wildman–Crippen LogP) is 8.48. The molecule has 15 heteroatoms. The first-order valence-electron chi connectivity index (χ1n) is 18.1. The number of alkyl halides is 3. The second-order valence-corrected chi connectivity index (χ2v) is 15.8. The monoisotopic (exact) mass is 779 g/mol. The highest BCUT2D eigenvalue weighted by atomic mass is 35.5.